The molecule has 0 saturated heterocycles. The SMILES string of the molecule is COc1cn(Cc2ccc(F)c(F)c2)c(Nc2cc(C)c(C)cc2C)nc1=O. The maximum atomic E-state index is 13.6. The molecule has 5 nitrogen and oxygen atoms in total. The Hall–Kier alpha value is -3.22. The molecule has 0 amide bonds. The minimum absolute atomic E-state index is 0.0601. The van der Waals surface area contributed by atoms with Crippen molar-refractivity contribution in [3.8, 4) is 5.75 Å². The van der Waals surface area contributed by atoms with E-state index >= 15 is 0 Å². The molecule has 0 atom stereocenters. The van der Waals surface area contributed by atoms with Crippen molar-refractivity contribution in [2.45, 2.75) is 27.3 Å². The summed E-state index contributed by atoms with van der Waals surface area (Å²) in [5, 5.41) is 3.18. The average Bonchev–Trinajstić information content (AvgIpc) is 2.64. The number of nitrogens with one attached hydrogen (secondary N) is 1. The van der Waals surface area contributed by atoms with E-state index < -0.39 is 17.2 Å². The fourth-order valence-electron chi connectivity index (χ4n) is 2.88. The minimum Gasteiger partial charge on any atom is -0.490 e. The lowest BCUT2D eigenvalue weighted by molar-refractivity contribution is 0.402. The molecule has 0 saturated carbocycles. The Morgan fingerprint density at radius 3 is 2.43 bits per heavy atom. The normalized spacial score (nSPS) is 10.8. The third kappa shape index (κ3) is 4.03. The number of halogens is 2. The van der Waals surface area contributed by atoms with Gasteiger partial charge in [0.2, 0.25) is 11.7 Å². The zero-order valence-corrected chi connectivity index (χ0v) is 16.1. The quantitative estimate of drug-likeness (QED) is 0.714. The van der Waals surface area contributed by atoms with Crippen molar-refractivity contribution in [2.75, 3.05) is 12.4 Å². The van der Waals surface area contributed by atoms with Crippen molar-refractivity contribution in [2.24, 2.45) is 0 Å². The van der Waals surface area contributed by atoms with Crippen LogP contribution < -0.4 is 15.6 Å². The first-order chi connectivity index (χ1) is 13.3. The van der Waals surface area contributed by atoms with E-state index in [0.29, 0.717) is 5.56 Å². The maximum Gasteiger partial charge on any atom is 0.316 e. The van der Waals surface area contributed by atoms with E-state index in [1.807, 2.05) is 32.9 Å². The molecule has 3 rings (SSSR count). The number of hydrogen-bond acceptors (Lipinski definition) is 4. The van der Waals surface area contributed by atoms with E-state index in [9.17, 15) is 13.6 Å². The Labute approximate surface area is 161 Å². The molecule has 1 heterocycles. The Morgan fingerprint density at radius 2 is 1.75 bits per heavy atom. The maximum absolute atomic E-state index is 13.6. The predicted molar refractivity (Wildman–Crippen MR) is 104 cm³/mol. The summed E-state index contributed by atoms with van der Waals surface area (Å²) in [6, 6.07) is 7.68. The fourth-order valence-corrected chi connectivity index (χ4v) is 2.88. The summed E-state index contributed by atoms with van der Waals surface area (Å²) >= 11 is 0. The fraction of sp³-hybridized carbons (Fsp3) is 0.238. The highest BCUT2D eigenvalue weighted by atomic mass is 19.2. The summed E-state index contributed by atoms with van der Waals surface area (Å²) in [5.74, 6) is -1.51. The monoisotopic (exact) mass is 385 g/mol. The lowest BCUT2D eigenvalue weighted by Crippen LogP contribution is -2.19. The van der Waals surface area contributed by atoms with Gasteiger partial charge in [0.05, 0.1) is 19.9 Å². The Bertz CT molecular complexity index is 1090. The number of nitrogens with zero attached hydrogens (tertiary/aromatic N) is 2. The molecule has 0 aliphatic carbocycles. The number of anilines is 2. The number of aryl methyl sites for hydroxylation is 3. The van der Waals surface area contributed by atoms with Crippen LogP contribution in [0.1, 0.15) is 22.3 Å². The van der Waals surface area contributed by atoms with Crippen LogP contribution in [0.4, 0.5) is 20.4 Å². The van der Waals surface area contributed by atoms with E-state index in [4.69, 9.17) is 4.74 Å². The minimum atomic E-state index is -0.932. The zero-order chi connectivity index (χ0) is 20.4. The van der Waals surface area contributed by atoms with Crippen LogP contribution >= 0.6 is 0 Å². The Balaban J connectivity index is 2.04. The van der Waals surface area contributed by atoms with Gasteiger partial charge in [0.15, 0.2) is 11.6 Å². The second kappa shape index (κ2) is 7.80. The van der Waals surface area contributed by atoms with Crippen LogP contribution in [0, 0.1) is 32.4 Å². The average molecular weight is 385 g/mol. The van der Waals surface area contributed by atoms with E-state index in [1.54, 1.807) is 4.57 Å². The van der Waals surface area contributed by atoms with Crippen LogP contribution in [0.5, 0.6) is 5.75 Å². The molecule has 0 unspecified atom stereocenters. The van der Waals surface area contributed by atoms with Crippen molar-refractivity contribution >= 4 is 11.6 Å². The highest BCUT2D eigenvalue weighted by molar-refractivity contribution is 5.61. The molecular formula is C21H21F2N3O2. The topological polar surface area (TPSA) is 56.1 Å². The summed E-state index contributed by atoms with van der Waals surface area (Å²) < 4.78 is 33.5. The van der Waals surface area contributed by atoms with E-state index in [1.165, 1.54) is 19.4 Å². The molecule has 0 bridgehead atoms. The Kier molecular flexibility index (Phi) is 5.44. The van der Waals surface area contributed by atoms with Crippen LogP contribution in [0.2, 0.25) is 0 Å². The van der Waals surface area contributed by atoms with E-state index in [2.05, 4.69) is 10.3 Å². The second-order valence-electron chi connectivity index (χ2n) is 6.69. The molecule has 3 aromatic rings. The van der Waals surface area contributed by atoms with E-state index in [-0.39, 0.29) is 18.2 Å². The smallest absolute Gasteiger partial charge is 0.316 e. The molecule has 0 radical (unpaired) electrons. The molecule has 146 valence electrons. The molecular weight excluding hydrogens is 364 g/mol. The van der Waals surface area contributed by atoms with Crippen LogP contribution in [-0.2, 0) is 6.54 Å². The van der Waals surface area contributed by atoms with Crippen LogP contribution in [0.15, 0.2) is 41.3 Å². The van der Waals surface area contributed by atoms with Gasteiger partial charge in [0.25, 0.3) is 0 Å². The summed E-state index contributed by atoms with van der Waals surface area (Å²) in [4.78, 5) is 16.2. The predicted octanol–water partition coefficient (Wildman–Crippen LogP) is 4.25. The molecule has 1 N–H and O–H groups in total. The number of aromatic nitrogens is 2. The lowest BCUT2D eigenvalue weighted by Gasteiger charge is -2.17. The molecule has 28 heavy (non-hydrogen) atoms. The number of ether oxygens (including phenoxy) is 1. The van der Waals surface area contributed by atoms with Gasteiger partial charge in [-0.1, -0.05) is 12.1 Å². The highest BCUT2D eigenvalue weighted by Gasteiger charge is 2.12. The Morgan fingerprint density at radius 1 is 1.04 bits per heavy atom. The number of benzene rings is 2. The largest absolute Gasteiger partial charge is 0.490 e. The highest BCUT2D eigenvalue weighted by Crippen LogP contribution is 2.24. The van der Waals surface area contributed by atoms with Crippen LogP contribution in [0.25, 0.3) is 0 Å². The van der Waals surface area contributed by atoms with Crippen molar-refractivity contribution in [3.63, 3.8) is 0 Å². The third-order valence-electron chi connectivity index (χ3n) is 4.61. The first-order valence-electron chi connectivity index (χ1n) is 8.72. The third-order valence-corrected chi connectivity index (χ3v) is 4.61. The van der Waals surface area contributed by atoms with Gasteiger partial charge in [0, 0.05) is 5.69 Å². The van der Waals surface area contributed by atoms with Gasteiger partial charge in [-0.2, -0.15) is 4.98 Å². The molecule has 1 aromatic heterocycles. The van der Waals surface area contributed by atoms with Crippen LogP contribution in [-0.4, -0.2) is 16.7 Å². The number of methoxy groups -OCH3 is 1. The van der Waals surface area contributed by atoms with Crippen molar-refractivity contribution in [3.05, 3.63) is 80.8 Å². The summed E-state index contributed by atoms with van der Waals surface area (Å²) in [5.41, 5.74) is 4.05. The van der Waals surface area contributed by atoms with Gasteiger partial charge < -0.3 is 14.6 Å². The molecule has 0 aliphatic rings. The standard InChI is InChI=1S/C21H21F2N3O2/c1-12-7-14(3)18(8-13(12)2)24-21-25-20(27)19(28-4)11-26(21)10-15-5-6-16(22)17(23)9-15/h5-9,11H,10H2,1-4H3,(H,24,25,27). The first kappa shape index (κ1) is 19.5. The molecule has 0 fully saturated rings. The summed E-state index contributed by atoms with van der Waals surface area (Å²) in [6.45, 7) is 6.15. The first-order valence-corrected chi connectivity index (χ1v) is 8.72. The van der Waals surface area contributed by atoms with Crippen molar-refractivity contribution in [1.29, 1.82) is 0 Å². The zero-order valence-electron chi connectivity index (χ0n) is 16.1. The van der Waals surface area contributed by atoms with Gasteiger partial charge in [-0.3, -0.25) is 4.79 Å². The number of rotatable bonds is 5. The lowest BCUT2D eigenvalue weighted by atomic mass is 10.1. The summed E-state index contributed by atoms with van der Waals surface area (Å²) in [6.07, 6.45) is 1.50. The van der Waals surface area contributed by atoms with Gasteiger partial charge >= 0.3 is 5.56 Å². The van der Waals surface area contributed by atoms with Gasteiger partial charge in [-0.25, -0.2) is 8.78 Å². The second-order valence-corrected chi connectivity index (χ2v) is 6.69. The van der Waals surface area contributed by atoms with Gasteiger partial charge in [0.1, 0.15) is 0 Å². The van der Waals surface area contributed by atoms with Gasteiger partial charge in [-0.15, -0.1) is 0 Å². The molecule has 0 spiro atoms. The molecule has 2 aromatic carbocycles. The summed E-state index contributed by atoms with van der Waals surface area (Å²) in [7, 11) is 1.38. The van der Waals surface area contributed by atoms with Crippen molar-refractivity contribution < 1.29 is 13.5 Å². The van der Waals surface area contributed by atoms with Crippen molar-refractivity contribution in [1.82, 2.24) is 9.55 Å². The van der Waals surface area contributed by atoms with E-state index in [0.717, 1.165) is 34.5 Å². The van der Waals surface area contributed by atoms with Gasteiger partial charge in [-0.05, 0) is 61.2 Å². The number of hydrogen-bond donors (Lipinski definition) is 1. The molecule has 7 heteroatoms. The molecule has 0 aliphatic heterocycles. The van der Waals surface area contributed by atoms with Crippen LogP contribution in [0.3, 0.4) is 0 Å².